The number of nitrogens with one attached hydrogen (secondary N) is 1. The summed E-state index contributed by atoms with van der Waals surface area (Å²) in [5.74, 6) is 1.51. The zero-order chi connectivity index (χ0) is 14.8. The van der Waals surface area contributed by atoms with Gasteiger partial charge in [0.1, 0.15) is 5.01 Å². The van der Waals surface area contributed by atoms with Crippen LogP contribution in [0.25, 0.3) is 0 Å². The maximum absolute atomic E-state index is 5.10. The van der Waals surface area contributed by atoms with Gasteiger partial charge in [0.2, 0.25) is 0 Å². The fourth-order valence-electron chi connectivity index (χ4n) is 3.91. The van der Waals surface area contributed by atoms with E-state index in [1.807, 2.05) is 11.3 Å². The quantitative estimate of drug-likeness (QED) is 0.921. The van der Waals surface area contributed by atoms with Crippen molar-refractivity contribution in [1.82, 2.24) is 15.2 Å². The highest BCUT2D eigenvalue weighted by atomic mass is 32.1. The average Bonchev–Trinajstić information content (AvgIpc) is 2.89. The van der Waals surface area contributed by atoms with Crippen molar-refractivity contribution in [1.29, 1.82) is 0 Å². The van der Waals surface area contributed by atoms with Gasteiger partial charge in [-0.15, -0.1) is 11.3 Å². The van der Waals surface area contributed by atoms with Gasteiger partial charge < -0.3 is 5.32 Å². The van der Waals surface area contributed by atoms with Crippen LogP contribution in [-0.2, 0) is 6.42 Å². The second kappa shape index (κ2) is 6.76. The Hall–Kier alpha value is -0.450. The van der Waals surface area contributed by atoms with E-state index in [4.69, 9.17) is 4.98 Å². The smallest absolute Gasteiger partial charge is 0.110 e. The molecule has 0 aromatic carbocycles. The van der Waals surface area contributed by atoms with Crippen molar-refractivity contribution in [2.24, 2.45) is 5.92 Å². The van der Waals surface area contributed by atoms with Crippen molar-refractivity contribution >= 4 is 11.3 Å². The first-order chi connectivity index (χ1) is 10.2. The molecule has 3 atom stereocenters. The molecule has 1 N–H and O–H groups in total. The molecule has 21 heavy (non-hydrogen) atoms. The molecule has 1 fully saturated rings. The molecule has 0 saturated carbocycles. The van der Waals surface area contributed by atoms with E-state index in [0.717, 1.165) is 19.0 Å². The van der Waals surface area contributed by atoms with E-state index in [1.165, 1.54) is 49.5 Å². The molecule has 0 spiro atoms. The lowest BCUT2D eigenvalue weighted by Gasteiger charge is -2.33. The predicted octanol–water partition coefficient (Wildman–Crippen LogP) is 3.58. The van der Waals surface area contributed by atoms with Crippen LogP contribution in [0.3, 0.4) is 0 Å². The van der Waals surface area contributed by atoms with Crippen LogP contribution >= 0.6 is 11.3 Å². The fraction of sp³-hybridized carbons (Fsp3) is 0.824. The number of aromatic nitrogens is 1. The summed E-state index contributed by atoms with van der Waals surface area (Å²) < 4.78 is 0. The van der Waals surface area contributed by atoms with Gasteiger partial charge in [-0.25, -0.2) is 4.98 Å². The lowest BCUT2D eigenvalue weighted by Crippen LogP contribution is -2.45. The van der Waals surface area contributed by atoms with Crippen molar-refractivity contribution in [2.75, 3.05) is 26.2 Å². The zero-order valence-electron chi connectivity index (χ0n) is 13.7. The maximum atomic E-state index is 5.10. The van der Waals surface area contributed by atoms with Gasteiger partial charge in [-0.05, 0) is 31.1 Å². The lowest BCUT2D eigenvalue weighted by atomic mass is 9.86. The number of nitrogens with zero attached hydrogens (tertiary/aromatic N) is 2. The van der Waals surface area contributed by atoms with Gasteiger partial charge in [0.05, 0.1) is 11.7 Å². The zero-order valence-corrected chi connectivity index (χ0v) is 14.5. The second-order valence-electron chi connectivity index (χ2n) is 6.90. The highest BCUT2D eigenvalue weighted by Gasteiger charge is 2.30. The molecule has 3 nitrogen and oxygen atoms in total. The third-order valence-electron chi connectivity index (χ3n) is 4.93. The van der Waals surface area contributed by atoms with Gasteiger partial charge in [-0.1, -0.05) is 27.2 Å². The molecule has 1 aliphatic heterocycles. The van der Waals surface area contributed by atoms with Crippen molar-refractivity contribution in [3.05, 3.63) is 15.6 Å². The number of rotatable bonds is 4. The molecule has 4 heteroatoms. The highest BCUT2D eigenvalue weighted by molar-refractivity contribution is 7.12. The number of thiazole rings is 1. The van der Waals surface area contributed by atoms with Crippen LogP contribution in [0, 0.1) is 5.92 Å². The van der Waals surface area contributed by atoms with E-state index in [9.17, 15) is 0 Å². The van der Waals surface area contributed by atoms with Gasteiger partial charge in [0.15, 0.2) is 0 Å². The van der Waals surface area contributed by atoms with Gasteiger partial charge in [0.25, 0.3) is 0 Å². The van der Waals surface area contributed by atoms with Crippen LogP contribution in [-0.4, -0.2) is 36.1 Å². The highest BCUT2D eigenvalue weighted by Crippen LogP contribution is 2.41. The first kappa shape index (κ1) is 15.4. The molecule has 2 heterocycles. The molecule has 0 radical (unpaired) electrons. The Labute approximate surface area is 133 Å². The standard InChI is InChI=1S/C17H29N3S/c1-4-5-15(20-8-6-18-7-9-20)17-19-14-11-12(2)10-13(3)16(14)21-17/h12-13,15,18H,4-11H2,1-3H3. The van der Waals surface area contributed by atoms with E-state index in [1.54, 1.807) is 4.88 Å². The summed E-state index contributed by atoms with van der Waals surface area (Å²) in [7, 11) is 0. The molecule has 0 bridgehead atoms. The lowest BCUT2D eigenvalue weighted by molar-refractivity contribution is 0.164. The summed E-state index contributed by atoms with van der Waals surface area (Å²) in [4.78, 5) is 9.34. The van der Waals surface area contributed by atoms with Crippen molar-refractivity contribution < 1.29 is 0 Å². The largest absolute Gasteiger partial charge is 0.314 e. The Morgan fingerprint density at radius 3 is 2.81 bits per heavy atom. The normalized spacial score (nSPS) is 28.3. The predicted molar refractivity (Wildman–Crippen MR) is 90.1 cm³/mol. The number of hydrogen-bond acceptors (Lipinski definition) is 4. The number of fused-ring (bicyclic) bond motifs is 1. The summed E-state index contributed by atoms with van der Waals surface area (Å²) >= 11 is 2.01. The van der Waals surface area contributed by atoms with E-state index in [0.29, 0.717) is 12.0 Å². The van der Waals surface area contributed by atoms with Crippen LogP contribution in [0.15, 0.2) is 0 Å². The average molecular weight is 308 g/mol. The Balaban J connectivity index is 1.84. The monoisotopic (exact) mass is 307 g/mol. The van der Waals surface area contributed by atoms with Crippen LogP contribution in [0.2, 0.25) is 0 Å². The Bertz CT molecular complexity index is 465. The van der Waals surface area contributed by atoms with E-state index in [2.05, 4.69) is 31.0 Å². The van der Waals surface area contributed by atoms with E-state index < -0.39 is 0 Å². The molecule has 3 unspecified atom stereocenters. The molecule has 2 aliphatic rings. The van der Waals surface area contributed by atoms with Gasteiger partial charge in [-0.3, -0.25) is 4.90 Å². The van der Waals surface area contributed by atoms with E-state index in [-0.39, 0.29) is 0 Å². The van der Waals surface area contributed by atoms with Crippen molar-refractivity contribution in [2.45, 2.75) is 58.4 Å². The first-order valence-corrected chi connectivity index (χ1v) is 9.45. The van der Waals surface area contributed by atoms with Gasteiger partial charge in [-0.2, -0.15) is 0 Å². The van der Waals surface area contributed by atoms with Crippen LogP contribution in [0.1, 0.15) is 67.6 Å². The summed E-state index contributed by atoms with van der Waals surface area (Å²) in [6.45, 7) is 11.6. The minimum absolute atomic E-state index is 0.551. The number of piperazine rings is 1. The molecule has 3 rings (SSSR count). The van der Waals surface area contributed by atoms with Crippen LogP contribution in [0.4, 0.5) is 0 Å². The molecular weight excluding hydrogens is 278 g/mol. The van der Waals surface area contributed by atoms with Crippen LogP contribution < -0.4 is 5.32 Å². The topological polar surface area (TPSA) is 28.2 Å². The molecule has 1 aromatic heterocycles. The van der Waals surface area contributed by atoms with Crippen molar-refractivity contribution in [3.63, 3.8) is 0 Å². The number of hydrogen-bond donors (Lipinski definition) is 1. The SMILES string of the molecule is CCCC(c1nc2c(s1)C(C)CC(C)C2)N1CCNCC1. The van der Waals surface area contributed by atoms with Gasteiger partial charge in [0, 0.05) is 31.1 Å². The summed E-state index contributed by atoms with van der Waals surface area (Å²) in [5.41, 5.74) is 1.41. The minimum Gasteiger partial charge on any atom is -0.314 e. The molecule has 0 amide bonds. The summed E-state index contributed by atoms with van der Waals surface area (Å²) in [6, 6.07) is 0.551. The summed E-state index contributed by atoms with van der Waals surface area (Å²) in [5, 5.41) is 4.86. The van der Waals surface area contributed by atoms with Crippen molar-refractivity contribution in [3.8, 4) is 0 Å². The maximum Gasteiger partial charge on any atom is 0.110 e. The third kappa shape index (κ3) is 3.33. The Morgan fingerprint density at radius 2 is 2.10 bits per heavy atom. The fourth-order valence-corrected chi connectivity index (χ4v) is 5.24. The Kier molecular flexibility index (Phi) is 4.97. The second-order valence-corrected chi connectivity index (χ2v) is 7.96. The molecule has 1 aliphatic carbocycles. The molecule has 1 aromatic rings. The summed E-state index contributed by atoms with van der Waals surface area (Å²) in [6.07, 6.45) is 5.01. The molecular formula is C17H29N3S. The van der Waals surface area contributed by atoms with E-state index >= 15 is 0 Å². The third-order valence-corrected chi connectivity index (χ3v) is 6.36. The first-order valence-electron chi connectivity index (χ1n) is 8.63. The molecule has 1 saturated heterocycles. The van der Waals surface area contributed by atoms with Gasteiger partial charge >= 0.3 is 0 Å². The van der Waals surface area contributed by atoms with Crippen LogP contribution in [0.5, 0.6) is 0 Å². The minimum atomic E-state index is 0.551. The Morgan fingerprint density at radius 1 is 1.33 bits per heavy atom. The molecule has 118 valence electrons.